The first kappa shape index (κ1) is 30.3. The summed E-state index contributed by atoms with van der Waals surface area (Å²) in [5.74, 6) is -1.60. The number of thiophene rings is 3. The van der Waals surface area contributed by atoms with Gasteiger partial charge in [0, 0.05) is 47.6 Å². The molecular formula is C44H32O4S3. The van der Waals surface area contributed by atoms with Gasteiger partial charge < -0.3 is 0 Å². The Morgan fingerprint density at radius 1 is 0.549 bits per heavy atom. The van der Waals surface area contributed by atoms with Gasteiger partial charge in [-0.15, -0.1) is 34.0 Å². The average Bonchev–Trinajstić information content (AvgIpc) is 3.99. The van der Waals surface area contributed by atoms with Crippen LogP contribution in [0.5, 0.6) is 0 Å². The molecule has 0 N–H and O–H groups in total. The lowest BCUT2D eigenvalue weighted by Crippen LogP contribution is -2.28. The number of hydrogen-bond acceptors (Lipinski definition) is 7. The third-order valence-electron chi connectivity index (χ3n) is 12.6. The van der Waals surface area contributed by atoms with E-state index in [2.05, 4.69) is 18.2 Å². The van der Waals surface area contributed by atoms with Crippen LogP contribution in [-0.2, 0) is 15.0 Å². The molecule has 2 spiro atoms. The quantitative estimate of drug-likeness (QED) is 0.134. The summed E-state index contributed by atoms with van der Waals surface area (Å²) in [6.45, 7) is 0. The Kier molecular flexibility index (Phi) is 6.32. The molecule has 0 radical (unpaired) electrons. The molecule has 51 heavy (non-hydrogen) atoms. The summed E-state index contributed by atoms with van der Waals surface area (Å²) in [4.78, 5) is 54.7. The van der Waals surface area contributed by atoms with Crippen molar-refractivity contribution in [2.45, 2.75) is 69.6 Å². The summed E-state index contributed by atoms with van der Waals surface area (Å²) in [5, 5.41) is 0. The molecule has 3 heterocycles. The van der Waals surface area contributed by atoms with E-state index < -0.39 is 11.6 Å². The van der Waals surface area contributed by atoms with Crippen LogP contribution in [-0.4, -0.2) is 23.1 Å². The molecule has 2 fully saturated rings. The van der Waals surface area contributed by atoms with Gasteiger partial charge in [-0.05, 0) is 77.3 Å². The molecule has 0 unspecified atom stereocenters. The average molecular weight is 721 g/mol. The number of allylic oxidation sites excluding steroid dienone is 7. The van der Waals surface area contributed by atoms with Crippen molar-refractivity contribution in [2.24, 2.45) is 5.41 Å². The second-order valence-corrected chi connectivity index (χ2v) is 18.3. The van der Waals surface area contributed by atoms with Gasteiger partial charge in [0.15, 0.2) is 0 Å². The van der Waals surface area contributed by atoms with Crippen LogP contribution >= 0.6 is 34.0 Å². The Morgan fingerprint density at radius 3 is 1.75 bits per heavy atom. The number of Topliss-reactive ketones (excluding diaryl/α,β-unsaturated/α-hetero) is 4. The van der Waals surface area contributed by atoms with Crippen LogP contribution in [0.3, 0.4) is 0 Å². The fourth-order valence-electron chi connectivity index (χ4n) is 10.4. The number of rotatable bonds is 2. The van der Waals surface area contributed by atoms with Crippen molar-refractivity contribution in [1.82, 2.24) is 0 Å². The van der Waals surface area contributed by atoms with E-state index in [9.17, 15) is 19.2 Å². The van der Waals surface area contributed by atoms with E-state index in [1.54, 1.807) is 29.0 Å². The Hall–Kier alpha value is -4.30. The second-order valence-electron chi connectivity index (χ2n) is 15.1. The molecule has 6 aliphatic carbocycles. The minimum absolute atomic E-state index is 0.0304. The summed E-state index contributed by atoms with van der Waals surface area (Å²) >= 11 is 5.59. The first-order valence-electron chi connectivity index (χ1n) is 18.2. The monoisotopic (exact) mass is 720 g/mol. The summed E-state index contributed by atoms with van der Waals surface area (Å²) < 4.78 is 5.30. The fourth-order valence-corrected chi connectivity index (χ4v) is 15.0. The molecule has 7 heteroatoms. The van der Waals surface area contributed by atoms with E-state index in [1.807, 2.05) is 65.1 Å². The van der Waals surface area contributed by atoms with Crippen LogP contribution < -0.4 is 0 Å². The number of hydrogen-bond donors (Lipinski definition) is 0. The van der Waals surface area contributed by atoms with E-state index in [0.29, 0.717) is 22.3 Å². The molecule has 0 amide bonds. The van der Waals surface area contributed by atoms with Crippen LogP contribution in [0.4, 0.5) is 0 Å². The fraction of sp³-hybridized carbons (Fsp3) is 0.273. The lowest BCUT2D eigenvalue weighted by Gasteiger charge is -2.38. The van der Waals surface area contributed by atoms with E-state index in [-0.39, 0.29) is 22.4 Å². The number of fused-ring (bicyclic) bond motifs is 11. The molecule has 5 aromatic rings. The standard InChI is InChI=1S/C44H32O4S3/c45-35-27-13-5-3-11-25(27)29(37(35)47)19-23-20-31-33(43(23)15-7-1-8-16-43)40-34(44(31)17-9-2-10-18-44)41-42(51-40)39-32(50-41)22-24(49-39)21-30-26-12-4-6-14-28(26)36(46)38(30)48/h3-6,11-14,19-22H,1-2,7-10,15-18H2/b29-19-,30-21-. The predicted octanol–water partition coefficient (Wildman–Crippen LogP) is 11.2. The third kappa shape index (κ3) is 3.89. The minimum Gasteiger partial charge on any atom is -0.285 e. The van der Waals surface area contributed by atoms with Gasteiger partial charge in [0.2, 0.25) is 23.1 Å². The number of carbonyl (C=O) groups is 4. The highest BCUT2D eigenvalue weighted by Gasteiger charge is 2.56. The molecule has 0 atom stereocenters. The van der Waals surface area contributed by atoms with Crippen molar-refractivity contribution >= 4 is 98.7 Å². The molecule has 11 rings (SSSR count). The first-order valence-corrected chi connectivity index (χ1v) is 20.6. The normalized spacial score (nSPS) is 23.1. The molecule has 6 aliphatic rings. The highest BCUT2D eigenvalue weighted by Crippen LogP contribution is 2.70. The number of benzene rings is 2. The maximum Gasteiger partial charge on any atom is 0.234 e. The van der Waals surface area contributed by atoms with E-state index in [1.165, 1.54) is 66.1 Å². The van der Waals surface area contributed by atoms with Gasteiger partial charge in [0.05, 0.1) is 14.1 Å². The Morgan fingerprint density at radius 2 is 1.12 bits per heavy atom. The lowest BCUT2D eigenvalue weighted by molar-refractivity contribution is -0.110. The molecule has 4 nitrogen and oxygen atoms in total. The molecule has 0 aliphatic heterocycles. The van der Waals surface area contributed by atoms with Crippen LogP contribution in [0.2, 0.25) is 0 Å². The van der Waals surface area contributed by atoms with Gasteiger partial charge in [-0.25, -0.2) is 0 Å². The highest BCUT2D eigenvalue weighted by molar-refractivity contribution is 7.39. The largest absolute Gasteiger partial charge is 0.285 e. The topological polar surface area (TPSA) is 68.3 Å². The zero-order valence-electron chi connectivity index (χ0n) is 27.9. The smallest absolute Gasteiger partial charge is 0.234 e. The maximum absolute atomic E-state index is 13.5. The zero-order chi connectivity index (χ0) is 34.2. The Labute approximate surface area is 306 Å². The van der Waals surface area contributed by atoms with Crippen molar-refractivity contribution in [1.29, 1.82) is 0 Å². The molecule has 2 aromatic carbocycles. The molecular weight excluding hydrogens is 689 g/mol. The van der Waals surface area contributed by atoms with Crippen molar-refractivity contribution in [3.05, 3.63) is 115 Å². The van der Waals surface area contributed by atoms with Gasteiger partial charge >= 0.3 is 0 Å². The summed E-state index contributed by atoms with van der Waals surface area (Å²) in [7, 11) is 0. The molecule has 3 aromatic heterocycles. The first-order chi connectivity index (χ1) is 24.9. The number of ketones is 4. The van der Waals surface area contributed by atoms with Crippen LogP contribution in [0.1, 0.15) is 111 Å². The maximum atomic E-state index is 13.5. The molecule has 2 saturated carbocycles. The Bertz CT molecular complexity index is 2610. The van der Waals surface area contributed by atoms with Crippen molar-refractivity contribution in [3.63, 3.8) is 0 Å². The van der Waals surface area contributed by atoms with E-state index in [4.69, 9.17) is 0 Å². The van der Waals surface area contributed by atoms with Crippen LogP contribution in [0.25, 0.3) is 41.6 Å². The zero-order valence-corrected chi connectivity index (χ0v) is 30.3. The molecule has 0 bridgehead atoms. The van der Waals surface area contributed by atoms with Gasteiger partial charge in [0.1, 0.15) is 0 Å². The highest BCUT2D eigenvalue weighted by atomic mass is 32.1. The van der Waals surface area contributed by atoms with Gasteiger partial charge in [0.25, 0.3) is 0 Å². The second kappa shape index (κ2) is 10.6. The summed E-state index contributed by atoms with van der Waals surface area (Å²) in [6.07, 6.45) is 18.1. The summed E-state index contributed by atoms with van der Waals surface area (Å²) in [6, 6.07) is 17.0. The Balaban J connectivity index is 1.08. The minimum atomic E-state index is -0.420. The van der Waals surface area contributed by atoms with E-state index in [0.717, 1.165) is 54.5 Å². The van der Waals surface area contributed by atoms with Gasteiger partial charge in [-0.2, -0.15) is 0 Å². The van der Waals surface area contributed by atoms with Crippen molar-refractivity contribution in [3.8, 4) is 0 Å². The molecule has 0 saturated heterocycles. The SMILES string of the molecule is O=C1C(=O)c2ccccc2/C1=C/C1=CC2=C(c3sc4c(sc5cc(/C=C6\C(=O)C(=O)c7ccccc76)sc54)c3C23CCCCC3)C12CCCCC2. The van der Waals surface area contributed by atoms with Gasteiger partial charge in [-0.1, -0.05) is 93.1 Å². The van der Waals surface area contributed by atoms with Crippen LogP contribution in [0.15, 0.2) is 77.9 Å². The summed E-state index contributed by atoms with van der Waals surface area (Å²) in [5.41, 5.74) is 9.19. The lowest BCUT2D eigenvalue weighted by atomic mass is 9.66. The van der Waals surface area contributed by atoms with Crippen LogP contribution in [0, 0.1) is 5.41 Å². The third-order valence-corrected chi connectivity index (χ3v) is 16.5. The molecule has 250 valence electrons. The number of carbonyl (C=O) groups excluding carboxylic acids is 4. The predicted molar refractivity (Wildman–Crippen MR) is 208 cm³/mol. The van der Waals surface area contributed by atoms with Crippen molar-refractivity contribution in [2.75, 3.05) is 0 Å². The van der Waals surface area contributed by atoms with Crippen molar-refractivity contribution < 1.29 is 19.2 Å². The van der Waals surface area contributed by atoms with Gasteiger partial charge in [-0.3, -0.25) is 19.2 Å². The van der Waals surface area contributed by atoms with E-state index >= 15 is 0 Å².